The van der Waals surface area contributed by atoms with E-state index < -0.39 is 3.90 Å². The Hall–Kier alpha value is -0.970. The maximum Gasteiger partial charge on any atom is 0.127 e. The highest BCUT2D eigenvalue weighted by atomic mass is 127. The first-order chi connectivity index (χ1) is 8.85. The van der Waals surface area contributed by atoms with Crippen LogP contribution in [-0.2, 0) is 0 Å². The summed E-state index contributed by atoms with van der Waals surface area (Å²) in [5.41, 5.74) is 2.31. The summed E-state index contributed by atoms with van der Waals surface area (Å²) in [6.07, 6.45) is 4.56. The molecule has 96 valence electrons. The molecule has 18 heavy (non-hydrogen) atoms. The fourth-order valence-corrected chi connectivity index (χ4v) is 2.42. The van der Waals surface area contributed by atoms with Gasteiger partial charge in [0.25, 0.3) is 0 Å². The summed E-state index contributed by atoms with van der Waals surface area (Å²) < 4.78 is 13.5. The molecule has 0 aromatic heterocycles. The third kappa shape index (κ3) is 3.51. The molecule has 1 aromatic carbocycles. The van der Waals surface area contributed by atoms with Crippen LogP contribution >= 0.6 is 22.6 Å². The molecule has 0 bridgehead atoms. The number of alkyl halides is 1. The first-order valence-corrected chi connectivity index (χ1v) is 6.98. The molecule has 0 fully saturated rings. The molecule has 2 nitrogen and oxygen atoms in total. The maximum absolute atomic E-state index is 8.24. The van der Waals surface area contributed by atoms with Gasteiger partial charge in [0.15, 0.2) is 0 Å². The highest BCUT2D eigenvalue weighted by Gasteiger charge is 2.15. The van der Waals surface area contributed by atoms with Gasteiger partial charge in [0.1, 0.15) is 11.5 Å². The Labute approximate surface area is 124 Å². The summed E-state index contributed by atoms with van der Waals surface area (Å²) in [4.78, 5) is 2.04. The molecule has 0 saturated carbocycles. The minimum atomic E-state index is -0.647. The third-order valence-electron chi connectivity index (χ3n) is 2.79. The number of hydrogen-bond donors (Lipinski definition) is 0. The van der Waals surface area contributed by atoms with E-state index in [-0.39, 0.29) is 0 Å². The predicted molar refractivity (Wildman–Crippen MR) is 84.1 cm³/mol. The Balaban J connectivity index is 2.22. The summed E-state index contributed by atoms with van der Waals surface area (Å²) in [6, 6.07) is 7.94. The zero-order valence-electron chi connectivity index (χ0n) is 11.9. The first kappa shape index (κ1) is 12.1. The molecule has 0 spiro atoms. The van der Waals surface area contributed by atoms with Gasteiger partial charge in [0, 0.05) is 31.5 Å². The van der Waals surface area contributed by atoms with Crippen molar-refractivity contribution in [2.45, 2.75) is 17.2 Å². The van der Waals surface area contributed by atoms with Crippen LogP contribution in [0.3, 0.4) is 0 Å². The molecule has 0 radical (unpaired) electrons. The molecule has 3 heteroatoms. The Morgan fingerprint density at radius 3 is 2.61 bits per heavy atom. The number of hydrogen-bond acceptors (Lipinski definition) is 2. The number of halogens is 1. The topological polar surface area (TPSA) is 12.5 Å². The molecule has 1 aliphatic carbocycles. The molecule has 1 atom stereocenters. The van der Waals surface area contributed by atoms with Crippen LogP contribution < -0.4 is 4.74 Å². The average molecular weight is 356 g/mol. The van der Waals surface area contributed by atoms with E-state index in [0.717, 1.165) is 17.2 Å². The quantitative estimate of drug-likeness (QED) is 0.602. The Morgan fingerprint density at radius 2 is 2.00 bits per heavy atom. The summed E-state index contributed by atoms with van der Waals surface area (Å²) in [5, 5.41) is 0. The van der Waals surface area contributed by atoms with E-state index in [1.807, 2.05) is 62.3 Å². The van der Waals surface area contributed by atoms with Crippen LogP contribution in [0.2, 0.25) is 0 Å². The smallest absolute Gasteiger partial charge is 0.127 e. The zero-order chi connectivity index (χ0) is 14.0. The standard InChI is InChI=1S/C15H18INO/c1-11-4-6-14(7-5-11)18-15-9-12(16)8-13(10-15)17(2)3/h4-7,9-10,12H,8H2,1-3H3/i12D. The Morgan fingerprint density at radius 1 is 1.33 bits per heavy atom. The number of nitrogens with zero attached hydrogens (tertiary/aromatic N) is 1. The molecule has 0 N–H and O–H groups in total. The summed E-state index contributed by atoms with van der Waals surface area (Å²) >= 11 is 2.15. The van der Waals surface area contributed by atoms with Crippen molar-refractivity contribution in [1.82, 2.24) is 4.90 Å². The molecule has 1 aliphatic rings. The lowest BCUT2D eigenvalue weighted by Crippen LogP contribution is -2.18. The van der Waals surface area contributed by atoms with Crippen LogP contribution in [0.5, 0.6) is 5.75 Å². The number of aryl methyl sites for hydroxylation is 1. The van der Waals surface area contributed by atoms with Gasteiger partial charge in [-0.3, -0.25) is 0 Å². The number of allylic oxidation sites excluding steroid dienone is 3. The number of rotatable bonds is 3. The van der Waals surface area contributed by atoms with Crippen molar-refractivity contribution in [3.63, 3.8) is 0 Å². The van der Waals surface area contributed by atoms with Crippen molar-refractivity contribution in [2.75, 3.05) is 14.1 Å². The van der Waals surface area contributed by atoms with Crippen LogP contribution in [-0.4, -0.2) is 22.9 Å². The Bertz CT molecular complexity index is 517. The van der Waals surface area contributed by atoms with E-state index in [9.17, 15) is 0 Å². The van der Waals surface area contributed by atoms with E-state index in [0.29, 0.717) is 6.42 Å². The van der Waals surface area contributed by atoms with Crippen molar-refractivity contribution >= 4 is 22.6 Å². The second-order valence-corrected chi connectivity index (χ2v) is 6.00. The molecular formula is C15H18INO. The lowest BCUT2D eigenvalue weighted by molar-refractivity contribution is 0.422. The monoisotopic (exact) mass is 356 g/mol. The van der Waals surface area contributed by atoms with Gasteiger partial charge in [0.05, 0.1) is 0 Å². The molecule has 0 saturated heterocycles. The normalized spacial score (nSPS) is 23.9. The van der Waals surface area contributed by atoms with Gasteiger partial charge >= 0.3 is 0 Å². The van der Waals surface area contributed by atoms with Gasteiger partial charge in [-0.1, -0.05) is 40.3 Å². The molecule has 0 heterocycles. The van der Waals surface area contributed by atoms with E-state index in [1.54, 1.807) is 0 Å². The van der Waals surface area contributed by atoms with E-state index in [1.165, 1.54) is 5.56 Å². The maximum atomic E-state index is 8.24. The van der Waals surface area contributed by atoms with Crippen molar-refractivity contribution < 1.29 is 6.11 Å². The lowest BCUT2D eigenvalue weighted by Gasteiger charge is -2.23. The Kier molecular flexibility index (Phi) is 3.88. The minimum absolute atomic E-state index is 0.647. The van der Waals surface area contributed by atoms with Crippen molar-refractivity contribution in [1.29, 1.82) is 0 Å². The van der Waals surface area contributed by atoms with Crippen molar-refractivity contribution in [2.24, 2.45) is 0 Å². The first-order valence-electron chi connectivity index (χ1n) is 6.40. The second kappa shape index (κ2) is 5.78. The van der Waals surface area contributed by atoms with Gasteiger partial charge in [-0.05, 0) is 31.2 Å². The highest BCUT2D eigenvalue weighted by Crippen LogP contribution is 2.26. The highest BCUT2D eigenvalue weighted by molar-refractivity contribution is 14.1. The third-order valence-corrected chi connectivity index (χ3v) is 3.48. The van der Waals surface area contributed by atoms with Crippen LogP contribution in [0.25, 0.3) is 0 Å². The fourth-order valence-electron chi connectivity index (χ4n) is 1.72. The van der Waals surface area contributed by atoms with E-state index in [2.05, 4.69) is 22.6 Å². The van der Waals surface area contributed by atoms with Gasteiger partial charge < -0.3 is 9.64 Å². The summed E-state index contributed by atoms with van der Waals surface area (Å²) in [6.45, 7) is 2.05. The zero-order valence-corrected chi connectivity index (χ0v) is 13.1. The van der Waals surface area contributed by atoms with E-state index >= 15 is 0 Å². The van der Waals surface area contributed by atoms with Crippen molar-refractivity contribution in [3.05, 3.63) is 53.4 Å². The molecule has 0 amide bonds. The largest absolute Gasteiger partial charge is 0.458 e. The molecular weight excluding hydrogens is 337 g/mol. The summed E-state index contributed by atoms with van der Waals surface area (Å²) in [7, 11) is 3.99. The van der Waals surface area contributed by atoms with Crippen LogP contribution in [0.4, 0.5) is 0 Å². The van der Waals surface area contributed by atoms with Crippen molar-refractivity contribution in [3.8, 4) is 5.75 Å². The molecule has 1 aromatic rings. The van der Waals surface area contributed by atoms with Gasteiger partial charge in [-0.2, -0.15) is 0 Å². The van der Waals surface area contributed by atoms with Crippen LogP contribution in [0.15, 0.2) is 47.9 Å². The van der Waals surface area contributed by atoms with Crippen LogP contribution in [0.1, 0.15) is 13.4 Å². The molecule has 1 unspecified atom stereocenters. The number of ether oxygens (including phenoxy) is 1. The van der Waals surface area contributed by atoms with Gasteiger partial charge in [0.2, 0.25) is 0 Å². The predicted octanol–water partition coefficient (Wildman–Crippen LogP) is 3.91. The van der Waals surface area contributed by atoms with Gasteiger partial charge in [-0.25, -0.2) is 0 Å². The molecule has 0 aliphatic heterocycles. The average Bonchev–Trinajstić information content (AvgIpc) is 2.30. The minimum Gasteiger partial charge on any atom is -0.458 e. The van der Waals surface area contributed by atoms with E-state index in [4.69, 9.17) is 6.11 Å². The second-order valence-electron chi connectivity index (χ2n) is 4.62. The SMILES string of the molecule is [2H]C1(I)C=C(Oc2ccc(C)cc2)C=C(N(C)C)C1. The fraction of sp³-hybridized carbons (Fsp3) is 0.333. The summed E-state index contributed by atoms with van der Waals surface area (Å²) in [5.74, 6) is 1.54. The van der Waals surface area contributed by atoms with Crippen LogP contribution in [0, 0.1) is 6.92 Å². The number of benzene rings is 1. The van der Waals surface area contributed by atoms with Gasteiger partial charge in [-0.15, -0.1) is 0 Å². The molecule has 2 rings (SSSR count). The lowest BCUT2D eigenvalue weighted by atomic mass is 10.1.